The Labute approximate surface area is 140 Å². The molecule has 1 amide bonds. The Hall–Kier alpha value is -2.80. The molecule has 1 saturated heterocycles. The Kier molecular flexibility index (Phi) is 4.26. The molecule has 0 N–H and O–H groups in total. The van der Waals surface area contributed by atoms with Gasteiger partial charge in [0.15, 0.2) is 5.52 Å². The summed E-state index contributed by atoms with van der Waals surface area (Å²) in [6.45, 7) is 1.99. The first kappa shape index (κ1) is 17.0. The molecular weight excluding hydrogens is 360 g/mol. The van der Waals surface area contributed by atoms with Crippen LogP contribution in [0, 0.1) is 10.1 Å². The number of rotatable bonds is 6. The van der Waals surface area contributed by atoms with Gasteiger partial charge in [0.1, 0.15) is 17.6 Å². The molecule has 0 spiro atoms. The molecule has 0 saturated carbocycles. The zero-order valence-corrected chi connectivity index (χ0v) is 13.6. The van der Waals surface area contributed by atoms with Gasteiger partial charge < -0.3 is 9.64 Å². The van der Waals surface area contributed by atoms with Gasteiger partial charge in [-0.1, -0.05) is 0 Å². The van der Waals surface area contributed by atoms with Crippen molar-refractivity contribution >= 4 is 32.9 Å². The summed E-state index contributed by atoms with van der Waals surface area (Å²) < 4.78 is 39.0. The smallest absolute Gasteiger partial charge is 0.410 e. The lowest BCUT2D eigenvalue weighted by atomic mass is 10.3. The fourth-order valence-corrected chi connectivity index (χ4v) is 3.39. The molecule has 2 aromatic rings. The molecule has 0 unspecified atom stereocenters. The number of amides is 1. The summed E-state index contributed by atoms with van der Waals surface area (Å²) in [4.78, 5) is 22.6. The van der Waals surface area contributed by atoms with Crippen LogP contribution in [0.15, 0.2) is 21.7 Å². The molecular formula is C12H12N4O8S. The highest BCUT2D eigenvalue weighted by Gasteiger charge is 2.33. The van der Waals surface area contributed by atoms with E-state index in [1.807, 2.05) is 0 Å². The number of fused-ring (bicyclic) bond motifs is 1. The molecule has 2 heterocycles. The number of nitrogens with zero attached hydrogens (tertiary/aromatic N) is 4. The molecule has 0 aliphatic carbocycles. The van der Waals surface area contributed by atoms with Crippen LogP contribution in [0.2, 0.25) is 0 Å². The van der Waals surface area contributed by atoms with E-state index in [9.17, 15) is 23.3 Å². The van der Waals surface area contributed by atoms with Crippen molar-refractivity contribution < 1.29 is 31.7 Å². The minimum Gasteiger partial charge on any atom is -0.442 e. The molecule has 1 aromatic heterocycles. The lowest BCUT2D eigenvalue weighted by molar-refractivity contribution is -0.383. The van der Waals surface area contributed by atoms with Crippen LogP contribution in [0.1, 0.15) is 6.92 Å². The van der Waals surface area contributed by atoms with Crippen molar-refractivity contribution in [2.75, 3.05) is 19.7 Å². The molecule has 0 bridgehead atoms. The molecule has 13 heteroatoms. The molecule has 12 nitrogen and oxygen atoms in total. The van der Waals surface area contributed by atoms with Crippen molar-refractivity contribution in [2.45, 2.75) is 17.9 Å². The Morgan fingerprint density at radius 3 is 2.76 bits per heavy atom. The fraction of sp³-hybridized carbons (Fsp3) is 0.417. The number of hydrogen-bond acceptors (Lipinski definition) is 10. The standard InChI is InChI=1S/C12H12N4O8S/c1-2-15-5-7(23-12(15)17)6-22-25(20,21)9-4-3-8(16(18)19)10-11(9)14-24-13-10/h3-4,7H,2,5-6H2,1H3/t7-/m0/s1. The van der Waals surface area contributed by atoms with Gasteiger partial charge in [-0.15, -0.1) is 0 Å². The third kappa shape index (κ3) is 3.10. The predicted octanol–water partition coefficient (Wildman–Crippen LogP) is 0.677. The highest BCUT2D eigenvalue weighted by Crippen LogP contribution is 2.29. The van der Waals surface area contributed by atoms with Crippen molar-refractivity contribution in [3.8, 4) is 0 Å². The first-order valence-corrected chi connectivity index (χ1v) is 8.49. The van der Waals surface area contributed by atoms with Gasteiger partial charge in [0.25, 0.3) is 10.1 Å². The number of aromatic nitrogens is 2. The first-order chi connectivity index (χ1) is 11.8. The Bertz CT molecular complexity index is 940. The molecule has 1 fully saturated rings. The number of carbonyl (C=O) groups is 1. The second-order valence-corrected chi connectivity index (χ2v) is 6.67. The summed E-state index contributed by atoms with van der Waals surface area (Å²) in [7, 11) is -4.32. The van der Waals surface area contributed by atoms with Gasteiger partial charge in [-0.25, -0.2) is 9.42 Å². The number of carbonyl (C=O) groups excluding carboxylic acids is 1. The van der Waals surface area contributed by atoms with E-state index in [2.05, 4.69) is 14.9 Å². The minimum absolute atomic E-state index is 0.200. The zero-order chi connectivity index (χ0) is 18.2. The largest absolute Gasteiger partial charge is 0.442 e. The van der Waals surface area contributed by atoms with E-state index >= 15 is 0 Å². The lowest BCUT2D eigenvalue weighted by Gasteiger charge is -2.10. The van der Waals surface area contributed by atoms with Gasteiger partial charge in [0.2, 0.25) is 5.52 Å². The first-order valence-electron chi connectivity index (χ1n) is 7.08. The summed E-state index contributed by atoms with van der Waals surface area (Å²) in [5.41, 5.74) is -1.06. The summed E-state index contributed by atoms with van der Waals surface area (Å²) in [6, 6.07) is 1.95. The molecule has 3 rings (SSSR count). The van der Waals surface area contributed by atoms with E-state index in [1.165, 1.54) is 4.90 Å². The molecule has 1 aromatic carbocycles. The summed E-state index contributed by atoms with van der Waals surface area (Å²) in [5, 5.41) is 17.7. The maximum Gasteiger partial charge on any atom is 0.410 e. The summed E-state index contributed by atoms with van der Waals surface area (Å²) >= 11 is 0. The molecule has 1 aliphatic heterocycles. The number of nitro benzene ring substituents is 1. The summed E-state index contributed by atoms with van der Waals surface area (Å²) in [6.07, 6.45) is -1.29. The van der Waals surface area contributed by atoms with Gasteiger partial charge in [0, 0.05) is 12.6 Å². The van der Waals surface area contributed by atoms with Gasteiger partial charge in [0.05, 0.1) is 11.5 Å². The monoisotopic (exact) mass is 372 g/mol. The second kappa shape index (κ2) is 6.25. The minimum atomic E-state index is -4.32. The Morgan fingerprint density at radius 2 is 2.12 bits per heavy atom. The summed E-state index contributed by atoms with van der Waals surface area (Å²) in [5.74, 6) is 0. The number of nitro groups is 1. The quantitative estimate of drug-likeness (QED) is 0.401. The fourth-order valence-electron chi connectivity index (χ4n) is 2.33. The van der Waals surface area contributed by atoms with Crippen LogP contribution in [0.5, 0.6) is 0 Å². The lowest BCUT2D eigenvalue weighted by Crippen LogP contribution is -2.26. The van der Waals surface area contributed by atoms with Crippen molar-refractivity contribution in [2.24, 2.45) is 0 Å². The molecule has 25 heavy (non-hydrogen) atoms. The van der Waals surface area contributed by atoms with E-state index in [-0.39, 0.29) is 17.6 Å². The normalized spacial score (nSPS) is 17.9. The topological polar surface area (TPSA) is 155 Å². The van der Waals surface area contributed by atoms with Crippen molar-refractivity contribution in [1.82, 2.24) is 15.2 Å². The molecule has 134 valence electrons. The predicted molar refractivity (Wildman–Crippen MR) is 79.1 cm³/mol. The second-order valence-electron chi connectivity index (χ2n) is 5.08. The zero-order valence-electron chi connectivity index (χ0n) is 12.8. The van der Waals surface area contributed by atoms with Crippen LogP contribution in [-0.2, 0) is 19.0 Å². The number of benzene rings is 1. The average Bonchev–Trinajstić information content (AvgIpc) is 3.18. The van der Waals surface area contributed by atoms with Crippen LogP contribution < -0.4 is 0 Å². The van der Waals surface area contributed by atoms with Crippen LogP contribution in [-0.4, -0.2) is 60.4 Å². The SMILES string of the molecule is CCN1C[C@@H](COS(=O)(=O)c2ccc([N+](=O)[O-])c3nonc23)OC1=O. The number of hydrogen-bond donors (Lipinski definition) is 0. The van der Waals surface area contributed by atoms with Crippen LogP contribution in [0.4, 0.5) is 10.5 Å². The highest BCUT2D eigenvalue weighted by atomic mass is 32.2. The van der Waals surface area contributed by atoms with Gasteiger partial charge in [-0.2, -0.15) is 8.42 Å². The van der Waals surface area contributed by atoms with Gasteiger partial charge in [-0.3, -0.25) is 14.3 Å². The maximum atomic E-state index is 12.4. The van der Waals surface area contributed by atoms with E-state index in [0.29, 0.717) is 6.54 Å². The van der Waals surface area contributed by atoms with E-state index < -0.39 is 44.4 Å². The average molecular weight is 372 g/mol. The van der Waals surface area contributed by atoms with Crippen molar-refractivity contribution in [3.63, 3.8) is 0 Å². The van der Waals surface area contributed by atoms with E-state index in [0.717, 1.165) is 12.1 Å². The van der Waals surface area contributed by atoms with Gasteiger partial charge in [-0.05, 0) is 23.3 Å². The van der Waals surface area contributed by atoms with E-state index in [1.54, 1.807) is 6.92 Å². The van der Waals surface area contributed by atoms with Crippen molar-refractivity contribution in [3.05, 3.63) is 22.2 Å². The molecule has 0 radical (unpaired) electrons. The Balaban J connectivity index is 1.83. The highest BCUT2D eigenvalue weighted by molar-refractivity contribution is 7.87. The molecule has 1 aliphatic rings. The Morgan fingerprint density at radius 1 is 1.40 bits per heavy atom. The van der Waals surface area contributed by atoms with Crippen LogP contribution >= 0.6 is 0 Å². The maximum absolute atomic E-state index is 12.4. The number of likely N-dealkylation sites (N-methyl/N-ethyl adjacent to an activating group) is 1. The van der Waals surface area contributed by atoms with Crippen LogP contribution in [0.25, 0.3) is 11.0 Å². The third-order valence-corrected chi connectivity index (χ3v) is 4.88. The number of non-ortho nitro benzene ring substituents is 1. The number of cyclic esters (lactones) is 1. The van der Waals surface area contributed by atoms with Crippen molar-refractivity contribution in [1.29, 1.82) is 0 Å². The number of ether oxygens (including phenoxy) is 1. The molecule has 1 atom stereocenters. The third-order valence-electron chi connectivity index (χ3n) is 3.56. The van der Waals surface area contributed by atoms with E-state index in [4.69, 9.17) is 8.92 Å². The van der Waals surface area contributed by atoms with Gasteiger partial charge >= 0.3 is 11.8 Å². The van der Waals surface area contributed by atoms with Crippen LogP contribution in [0.3, 0.4) is 0 Å².